The molecule has 2 aromatic rings. The molecule has 0 fully saturated rings. The first-order valence-electron chi connectivity index (χ1n) is 18.1. The fourth-order valence-electron chi connectivity index (χ4n) is 6.26. The van der Waals surface area contributed by atoms with Gasteiger partial charge in [-0.2, -0.15) is 0 Å². The van der Waals surface area contributed by atoms with Gasteiger partial charge in [0.15, 0.2) is 8.32 Å². The van der Waals surface area contributed by atoms with Crippen LogP contribution in [0.5, 0.6) is 0 Å². The number of benzene rings is 2. The Balaban J connectivity index is 2.23. The normalized spacial score (nSPS) is 15.4. The fraction of sp³-hybridized carbons (Fsp3) is 0.650. The molecule has 254 valence electrons. The highest BCUT2D eigenvalue weighted by Crippen LogP contribution is 2.43. The van der Waals surface area contributed by atoms with E-state index in [0.29, 0.717) is 12.5 Å². The minimum Gasteiger partial charge on any atom is -0.424 e. The van der Waals surface area contributed by atoms with E-state index >= 15 is 0 Å². The lowest BCUT2D eigenvalue weighted by Gasteiger charge is -2.44. The van der Waals surface area contributed by atoms with E-state index in [2.05, 4.69) is 122 Å². The molecule has 0 aliphatic rings. The van der Waals surface area contributed by atoms with Gasteiger partial charge in [0, 0.05) is 12.6 Å². The van der Waals surface area contributed by atoms with Crippen molar-refractivity contribution in [1.82, 2.24) is 0 Å². The smallest absolute Gasteiger partial charge is 0.258 e. The standard InChI is InChI=1S/C40H69NO2Si2/c1-10-11-12-13-14-15-16-17-20-25-34(2)30-31-35(38(41)33-43-44(8,9)39(3,4)5)32-40(6,7)45(42,36-26-21-18-22-27-36)37-28-23-19-24-29-37/h18-19,21-24,26-31,34-35,38,42H,10-17,20,25,32-33,41H2,1-9H3/b31-30+/t34?,35-,38-/m0/s1. The second-order valence-corrected chi connectivity index (χ2v) is 24.6. The summed E-state index contributed by atoms with van der Waals surface area (Å²) in [5.74, 6) is 0.606. The third-order valence-electron chi connectivity index (χ3n) is 10.6. The van der Waals surface area contributed by atoms with Crippen LogP contribution in [0.4, 0.5) is 0 Å². The van der Waals surface area contributed by atoms with Crippen LogP contribution >= 0.6 is 0 Å². The molecule has 1 unspecified atom stereocenters. The molecule has 0 bridgehead atoms. The summed E-state index contributed by atoms with van der Waals surface area (Å²) in [6, 6.07) is 20.6. The third kappa shape index (κ3) is 12.2. The Bertz CT molecular complexity index is 1050. The van der Waals surface area contributed by atoms with Crippen LogP contribution in [0.3, 0.4) is 0 Å². The number of allylic oxidation sites excluding steroid dienone is 1. The fourth-order valence-corrected chi connectivity index (χ4v) is 11.1. The molecular weight excluding hydrogens is 583 g/mol. The SMILES string of the molecule is CCCCCCCCCCCC(C)/C=C/[C@@H](CC(C)(C)[Si](O)(c1ccccc1)c1ccccc1)[C@@H](N)CO[Si](C)(C)C(C)(C)C. The lowest BCUT2D eigenvalue weighted by molar-refractivity contribution is 0.230. The van der Waals surface area contributed by atoms with Gasteiger partial charge in [-0.3, -0.25) is 0 Å². The van der Waals surface area contributed by atoms with E-state index in [9.17, 15) is 4.80 Å². The van der Waals surface area contributed by atoms with E-state index in [-0.39, 0.29) is 22.0 Å². The van der Waals surface area contributed by atoms with Crippen molar-refractivity contribution in [2.75, 3.05) is 6.61 Å². The van der Waals surface area contributed by atoms with E-state index < -0.39 is 16.6 Å². The molecule has 45 heavy (non-hydrogen) atoms. The lowest BCUT2D eigenvalue weighted by atomic mass is 9.88. The summed E-state index contributed by atoms with van der Waals surface area (Å²) in [5, 5.41) is 1.86. The molecule has 0 radical (unpaired) electrons. The predicted octanol–water partition coefficient (Wildman–Crippen LogP) is 9.99. The highest BCUT2D eigenvalue weighted by atomic mass is 28.4. The van der Waals surface area contributed by atoms with Crippen LogP contribution in [0.25, 0.3) is 0 Å². The van der Waals surface area contributed by atoms with Gasteiger partial charge in [-0.1, -0.05) is 179 Å². The van der Waals surface area contributed by atoms with Crippen LogP contribution in [0.1, 0.15) is 119 Å². The van der Waals surface area contributed by atoms with E-state index in [1.54, 1.807) is 0 Å². The van der Waals surface area contributed by atoms with Crippen molar-refractivity contribution in [2.24, 2.45) is 17.6 Å². The average Bonchev–Trinajstić information content (AvgIpc) is 3.00. The maximum Gasteiger partial charge on any atom is 0.258 e. The first-order valence-corrected chi connectivity index (χ1v) is 22.9. The zero-order valence-electron chi connectivity index (χ0n) is 30.6. The van der Waals surface area contributed by atoms with Crippen molar-refractivity contribution in [3.63, 3.8) is 0 Å². The van der Waals surface area contributed by atoms with Crippen molar-refractivity contribution in [3.8, 4) is 0 Å². The Morgan fingerprint density at radius 2 is 1.22 bits per heavy atom. The van der Waals surface area contributed by atoms with E-state index in [1.165, 1.54) is 64.2 Å². The number of unbranched alkanes of at least 4 members (excludes halogenated alkanes) is 8. The number of nitrogens with two attached hydrogens (primary N) is 1. The molecule has 0 aliphatic heterocycles. The Morgan fingerprint density at radius 1 is 0.756 bits per heavy atom. The highest BCUT2D eigenvalue weighted by molar-refractivity contribution is 6.98. The molecule has 3 nitrogen and oxygen atoms in total. The molecule has 0 aliphatic carbocycles. The first-order chi connectivity index (χ1) is 21.2. The quantitative estimate of drug-likeness (QED) is 0.0802. The van der Waals surface area contributed by atoms with Crippen molar-refractivity contribution >= 4 is 27.0 Å². The topological polar surface area (TPSA) is 55.5 Å². The molecule has 0 heterocycles. The van der Waals surface area contributed by atoms with Gasteiger partial charge in [-0.15, -0.1) is 0 Å². The summed E-state index contributed by atoms with van der Waals surface area (Å²) in [6.45, 7) is 21.1. The predicted molar refractivity (Wildman–Crippen MR) is 204 cm³/mol. The summed E-state index contributed by atoms with van der Waals surface area (Å²) >= 11 is 0. The van der Waals surface area contributed by atoms with Crippen molar-refractivity contribution < 1.29 is 9.22 Å². The molecule has 3 atom stereocenters. The average molecular weight is 652 g/mol. The largest absolute Gasteiger partial charge is 0.424 e. The molecule has 5 heteroatoms. The summed E-state index contributed by atoms with van der Waals surface area (Å²) in [5.41, 5.74) is 7.06. The van der Waals surface area contributed by atoms with Crippen LogP contribution in [0.15, 0.2) is 72.8 Å². The molecule has 0 saturated carbocycles. The van der Waals surface area contributed by atoms with Crippen LogP contribution in [0, 0.1) is 11.8 Å². The van der Waals surface area contributed by atoms with E-state index in [1.807, 2.05) is 12.1 Å². The van der Waals surface area contributed by atoms with Crippen molar-refractivity contribution in [3.05, 3.63) is 72.8 Å². The monoisotopic (exact) mass is 651 g/mol. The Hall–Kier alpha value is -1.51. The minimum absolute atomic E-state index is 0.0989. The van der Waals surface area contributed by atoms with Gasteiger partial charge in [0.25, 0.3) is 8.32 Å². The first kappa shape index (κ1) is 39.7. The molecule has 2 rings (SSSR count). The zero-order chi connectivity index (χ0) is 33.6. The van der Waals surface area contributed by atoms with Crippen LogP contribution < -0.4 is 16.1 Å². The molecule has 2 aromatic carbocycles. The Morgan fingerprint density at radius 3 is 1.69 bits per heavy atom. The van der Waals surface area contributed by atoms with Crippen molar-refractivity contribution in [1.29, 1.82) is 0 Å². The van der Waals surface area contributed by atoms with Crippen LogP contribution in [0.2, 0.25) is 23.2 Å². The Kier molecular flexibility index (Phi) is 16.5. The molecule has 0 aromatic heterocycles. The molecule has 3 N–H and O–H groups in total. The Labute approximate surface area is 280 Å². The van der Waals surface area contributed by atoms with E-state index in [4.69, 9.17) is 10.2 Å². The van der Waals surface area contributed by atoms with Gasteiger partial charge in [-0.25, -0.2) is 0 Å². The lowest BCUT2D eigenvalue weighted by Crippen LogP contribution is -2.66. The summed E-state index contributed by atoms with van der Waals surface area (Å²) < 4.78 is 6.67. The molecule has 0 amide bonds. The van der Waals surface area contributed by atoms with Gasteiger partial charge in [0.05, 0.1) is 0 Å². The second kappa shape index (κ2) is 18.7. The zero-order valence-corrected chi connectivity index (χ0v) is 32.6. The number of hydrogen-bond acceptors (Lipinski definition) is 3. The summed E-state index contributed by atoms with van der Waals surface area (Å²) in [4.78, 5) is 12.9. The summed E-state index contributed by atoms with van der Waals surface area (Å²) in [7, 11) is -5.09. The van der Waals surface area contributed by atoms with Gasteiger partial charge in [0.1, 0.15) is 0 Å². The molecular formula is C40H69NO2Si2. The maximum absolute atomic E-state index is 12.9. The van der Waals surface area contributed by atoms with Gasteiger partial charge >= 0.3 is 0 Å². The van der Waals surface area contributed by atoms with Crippen molar-refractivity contribution in [2.45, 2.75) is 148 Å². The molecule has 0 saturated heterocycles. The third-order valence-corrected chi connectivity index (χ3v) is 19.6. The summed E-state index contributed by atoms with van der Waals surface area (Å²) in [6.07, 6.45) is 19.0. The maximum atomic E-state index is 12.9. The highest BCUT2D eigenvalue weighted by Gasteiger charge is 2.51. The number of rotatable bonds is 21. The number of hydrogen-bond donors (Lipinski definition) is 2. The van der Waals surface area contributed by atoms with Gasteiger partial charge < -0.3 is 15.0 Å². The van der Waals surface area contributed by atoms with Crippen LogP contribution in [-0.4, -0.2) is 34.1 Å². The van der Waals surface area contributed by atoms with Gasteiger partial charge in [0.2, 0.25) is 0 Å². The molecule has 0 spiro atoms. The minimum atomic E-state index is -3.15. The van der Waals surface area contributed by atoms with E-state index in [0.717, 1.165) is 16.8 Å². The van der Waals surface area contributed by atoms with Crippen LogP contribution in [-0.2, 0) is 4.43 Å². The second-order valence-electron chi connectivity index (χ2n) is 15.9. The van der Waals surface area contributed by atoms with Gasteiger partial charge in [-0.05, 0) is 58.2 Å².